The number of benzene rings is 3. The van der Waals surface area contributed by atoms with Crippen molar-refractivity contribution in [2.75, 3.05) is 42.2 Å². The average Bonchev–Trinajstić information content (AvgIpc) is 2.98. The van der Waals surface area contributed by atoms with Crippen LogP contribution in [0.15, 0.2) is 66.7 Å². The number of fused-ring (bicyclic) bond motifs is 1. The molecule has 4 aromatic rings. The lowest BCUT2D eigenvalue weighted by molar-refractivity contribution is -0.118. The number of amides is 1. The summed E-state index contributed by atoms with van der Waals surface area (Å²) in [6.45, 7) is 3.29. The van der Waals surface area contributed by atoms with Crippen LogP contribution in [-0.2, 0) is 15.7 Å². The second-order valence-electron chi connectivity index (χ2n) is 10.1. The van der Waals surface area contributed by atoms with Gasteiger partial charge in [0.15, 0.2) is 11.6 Å². The number of hydrogen-bond acceptors (Lipinski definition) is 9. The van der Waals surface area contributed by atoms with Gasteiger partial charge in [0, 0.05) is 35.6 Å². The molecule has 0 aliphatic carbocycles. The molecule has 0 spiro atoms. The first kappa shape index (κ1) is 29.1. The van der Waals surface area contributed by atoms with E-state index in [2.05, 4.69) is 22.5 Å². The Morgan fingerprint density at radius 3 is 2.33 bits per heavy atom. The third-order valence-corrected chi connectivity index (χ3v) is 7.94. The van der Waals surface area contributed by atoms with Crippen LogP contribution in [-0.4, -0.2) is 62.5 Å². The minimum absolute atomic E-state index is 0.0669. The van der Waals surface area contributed by atoms with Crippen molar-refractivity contribution in [3.05, 3.63) is 66.7 Å². The molecule has 220 valence electrons. The molecule has 11 nitrogen and oxygen atoms in total. The van der Waals surface area contributed by atoms with Crippen LogP contribution in [0.2, 0.25) is 0 Å². The number of thiol groups is 1. The number of carbonyl (C=O) groups excluding carboxylic acids is 1. The molecule has 1 amide bonds. The molecular weight excluding hydrogens is 556 g/mol. The van der Waals surface area contributed by atoms with Crippen molar-refractivity contribution in [2.45, 2.75) is 32.2 Å². The Labute approximate surface area is 246 Å². The molecule has 1 aliphatic rings. The number of para-hydroxylation sites is 2. The summed E-state index contributed by atoms with van der Waals surface area (Å²) in [4.78, 5) is 24.5. The molecule has 0 saturated carbocycles. The summed E-state index contributed by atoms with van der Waals surface area (Å²) in [5.41, 5.74) is 2.43. The van der Waals surface area contributed by atoms with E-state index in [-0.39, 0.29) is 24.1 Å². The first-order valence-corrected chi connectivity index (χ1v) is 14.8. The number of aromatic nitrogens is 2. The average molecular weight is 591 g/mol. The van der Waals surface area contributed by atoms with Crippen LogP contribution in [0.1, 0.15) is 26.2 Å². The Kier molecular flexibility index (Phi) is 9.03. The monoisotopic (exact) mass is 590 g/mol. The van der Waals surface area contributed by atoms with Gasteiger partial charge < -0.3 is 20.1 Å². The highest BCUT2D eigenvalue weighted by atomic mass is 32.2. The maximum Gasteiger partial charge on any atom is 0.238 e. The van der Waals surface area contributed by atoms with E-state index in [1.807, 2.05) is 12.1 Å². The maximum absolute atomic E-state index is 12.9. The number of hydrogen-bond donors (Lipinski definition) is 3. The first-order chi connectivity index (χ1) is 20.3. The van der Waals surface area contributed by atoms with E-state index >= 15 is 0 Å². The number of ether oxygens (including phenoxy) is 2. The Morgan fingerprint density at radius 1 is 0.952 bits per heavy atom. The molecule has 1 aromatic heterocycles. The smallest absolute Gasteiger partial charge is 0.238 e. The van der Waals surface area contributed by atoms with Crippen LogP contribution < -0.4 is 24.4 Å². The topological polar surface area (TPSA) is 126 Å². The molecule has 1 unspecified atom stereocenters. The summed E-state index contributed by atoms with van der Waals surface area (Å²) >= 11 is 0. The van der Waals surface area contributed by atoms with E-state index in [4.69, 9.17) is 19.4 Å². The van der Waals surface area contributed by atoms with Gasteiger partial charge in [0.05, 0.1) is 37.5 Å². The lowest BCUT2D eigenvalue weighted by atomic mass is 10.0. The SMILES string of the molecule is COc1cc(Nc2nc3ccccc3nc2N(c2cccc(NC(=O)CN3CCCCC3C)c2)[SH](=O)=O)cc(OC)c1. The summed E-state index contributed by atoms with van der Waals surface area (Å²) in [7, 11) is -0.125. The molecule has 12 heteroatoms. The molecule has 0 bridgehead atoms. The van der Waals surface area contributed by atoms with Gasteiger partial charge in [-0.25, -0.2) is 22.7 Å². The molecule has 1 fully saturated rings. The van der Waals surface area contributed by atoms with Crippen LogP contribution in [0.3, 0.4) is 0 Å². The van der Waals surface area contributed by atoms with E-state index in [1.54, 1.807) is 68.8 Å². The normalized spacial score (nSPS) is 15.4. The van der Waals surface area contributed by atoms with Gasteiger partial charge in [-0.1, -0.05) is 24.6 Å². The van der Waals surface area contributed by atoms with E-state index in [0.717, 1.165) is 23.7 Å². The molecule has 2 N–H and O–H groups in total. The number of piperidine rings is 1. The van der Waals surface area contributed by atoms with Crippen LogP contribution in [0, 0.1) is 0 Å². The summed E-state index contributed by atoms with van der Waals surface area (Å²) in [5, 5.41) is 6.12. The number of nitrogens with zero attached hydrogens (tertiary/aromatic N) is 4. The van der Waals surface area contributed by atoms with Gasteiger partial charge >= 0.3 is 0 Å². The molecule has 1 aliphatic heterocycles. The fourth-order valence-corrected chi connectivity index (χ4v) is 5.63. The predicted molar refractivity (Wildman–Crippen MR) is 165 cm³/mol. The molecule has 1 atom stereocenters. The molecule has 42 heavy (non-hydrogen) atoms. The van der Waals surface area contributed by atoms with Gasteiger partial charge in [-0.3, -0.25) is 9.69 Å². The zero-order chi connectivity index (χ0) is 29.6. The van der Waals surface area contributed by atoms with E-state index in [0.29, 0.717) is 45.6 Å². The fourth-order valence-electron chi connectivity index (χ4n) is 5.03. The Balaban J connectivity index is 1.50. The number of rotatable bonds is 10. The fraction of sp³-hybridized carbons (Fsp3) is 0.300. The largest absolute Gasteiger partial charge is 0.497 e. The number of carbonyl (C=O) groups is 1. The zero-order valence-corrected chi connectivity index (χ0v) is 24.6. The Bertz CT molecular complexity index is 1630. The van der Waals surface area contributed by atoms with Crippen molar-refractivity contribution in [1.82, 2.24) is 14.9 Å². The standard InChI is InChI=1S/C30H34N6O5S/c1-20-9-6-7-14-35(20)19-28(37)31-21-10-8-11-23(15-21)36(42(38)39)30-29(33-26-12-4-5-13-27(26)34-30)32-22-16-24(40-2)18-25(17-22)41-3/h4-5,8,10-13,15-18,20,42H,6-7,9,14,19H2,1-3H3,(H,31,37)(H,32,33). The highest BCUT2D eigenvalue weighted by molar-refractivity contribution is 7.74. The van der Waals surface area contributed by atoms with Crippen LogP contribution in [0.25, 0.3) is 11.0 Å². The van der Waals surface area contributed by atoms with Gasteiger partial charge in [-0.15, -0.1) is 0 Å². The highest BCUT2D eigenvalue weighted by Gasteiger charge is 2.23. The van der Waals surface area contributed by atoms with Crippen molar-refractivity contribution in [2.24, 2.45) is 0 Å². The zero-order valence-electron chi connectivity index (χ0n) is 23.7. The van der Waals surface area contributed by atoms with Gasteiger partial charge in [-0.05, 0) is 56.6 Å². The molecule has 5 rings (SSSR count). The van der Waals surface area contributed by atoms with E-state index < -0.39 is 10.9 Å². The predicted octanol–water partition coefficient (Wildman–Crippen LogP) is 4.87. The van der Waals surface area contributed by atoms with Crippen molar-refractivity contribution in [1.29, 1.82) is 0 Å². The van der Waals surface area contributed by atoms with Crippen molar-refractivity contribution < 1.29 is 22.7 Å². The molecular formula is C30H34N6O5S. The number of anilines is 5. The minimum atomic E-state index is -3.21. The van der Waals surface area contributed by atoms with Crippen LogP contribution in [0.5, 0.6) is 11.5 Å². The maximum atomic E-state index is 12.9. The van der Waals surface area contributed by atoms with Gasteiger partial charge in [0.1, 0.15) is 11.5 Å². The number of nitrogens with one attached hydrogen (secondary N) is 2. The third-order valence-electron chi connectivity index (χ3n) is 7.19. The van der Waals surface area contributed by atoms with Crippen LogP contribution in [0.4, 0.5) is 28.7 Å². The second kappa shape index (κ2) is 13.0. The van der Waals surface area contributed by atoms with Crippen LogP contribution >= 0.6 is 0 Å². The summed E-state index contributed by atoms with van der Waals surface area (Å²) in [6.07, 6.45) is 3.31. The summed E-state index contributed by atoms with van der Waals surface area (Å²) in [6, 6.07) is 19.4. The van der Waals surface area contributed by atoms with Crippen molar-refractivity contribution in [3.63, 3.8) is 0 Å². The van der Waals surface area contributed by atoms with Gasteiger partial charge in [0.25, 0.3) is 0 Å². The molecule has 0 radical (unpaired) electrons. The van der Waals surface area contributed by atoms with Gasteiger partial charge in [-0.2, -0.15) is 0 Å². The number of likely N-dealkylation sites (tertiary alicyclic amines) is 1. The third kappa shape index (κ3) is 6.72. The summed E-state index contributed by atoms with van der Waals surface area (Å²) in [5.74, 6) is 1.20. The lowest BCUT2D eigenvalue weighted by Crippen LogP contribution is -2.42. The van der Waals surface area contributed by atoms with Gasteiger partial charge in [0.2, 0.25) is 16.8 Å². The van der Waals surface area contributed by atoms with E-state index in [1.165, 1.54) is 6.42 Å². The number of methoxy groups -OCH3 is 2. The Hall–Kier alpha value is -4.42. The summed E-state index contributed by atoms with van der Waals surface area (Å²) < 4.78 is 37.5. The van der Waals surface area contributed by atoms with E-state index in [9.17, 15) is 13.2 Å². The minimum Gasteiger partial charge on any atom is -0.497 e. The molecule has 3 aromatic carbocycles. The highest BCUT2D eigenvalue weighted by Crippen LogP contribution is 2.35. The lowest BCUT2D eigenvalue weighted by Gasteiger charge is -2.32. The first-order valence-electron chi connectivity index (χ1n) is 13.7. The molecule has 2 heterocycles. The van der Waals surface area contributed by atoms with Crippen molar-refractivity contribution >= 4 is 56.5 Å². The Morgan fingerprint density at radius 2 is 1.67 bits per heavy atom. The quantitative estimate of drug-likeness (QED) is 0.222. The molecule has 1 saturated heterocycles. The van der Waals surface area contributed by atoms with Crippen molar-refractivity contribution in [3.8, 4) is 11.5 Å². The second-order valence-corrected chi connectivity index (χ2v) is 10.9.